The maximum atomic E-state index is 11.6. The van der Waals surface area contributed by atoms with Crippen molar-refractivity contribution in [1.82, 2.24) is 10.6 Å². The summed E-state index contributed by atoms with van der Waals surface area (Å²) in [4.78, 5) is 0. The van der Waals surface area contributed by atoms with Gasteiger partial charge in [0, 0.05) is 18.7 Å². The Morgan fingerprint density at radius 1 is 1.47 bits per heavy atom. The third-order valence-electron chi connectivity index (χ3n) is 2.59. The molecule has 0 fully saturated rings. The van der Waals surface area contributed by atoms with E-state index in [9.17, 15) is 5.11 Å². The lowest BCUT2D eigenvalue weighted by Crippen LogP contribution is -2.38. The van der Waals surface area contributed by atoms with Crippen molar-refractivity contribution < 1.29 is 19.0 Å². The Balaban J connectivity index is 2.25. The molecule has 1 heterocycles. The van der Waals surface area contributed by atoms with Gasteiger partial charge in [-0.1, -0.05) is 6.08 Å². The van der Waals surface area contributed by atoms with Crippen molar-refractivity contribution in [3.8, 4) is 17.4 Å². The van der Waals surface area contributed by atoms with Crippen molar-refractivity contribution in [3.05, 3.63) is 42.6 Å². The number of hydrogen-bond acceptors (Lipinski definition) is 5. The molecule has 0 aliphatic rings. The smallest absolute Gasteiger partial charge is 0.253 e. The molecule has 1 aromatic heterocycles. The molecule has 0 unspecified atom stereocenters. The molecule has 6 heteroatoms. The van der Waals surface area contributed by atoms with Gasteiger partial charge in [0.25, 0.3) is 5.69 Å². The van der Waals surface area contributed by atoms with Crippen LogP contribution in [0.5, 0.6) is 11.7 Å². The van der Waals surface area contributed by atoms with E-state index >= 15 is 0 Å². The molecule has 0 aliphatic heterocycles. The number of nitrogens with one attached hydrogen (secondary N) is 1. The number of aromatic nitrogens is 2. The van der Waals surface area contributed by atoms with Crippen LogP contribution in [0, 0.1) is 0 Å². The summed E-state index contributed by atoms with van der Waals surface area (Å²) in [7, 11) is 1.60. The quantitative estimate of drug-likeness (QED) is 0.460. The number of ether oxygens (including phenoxy) is 1. The van der Waals surface area contributed by atoms with Crippen molar-refractivity contribution in [1.29, 1.82) is 0 Å². The van der Waals surface area contributed by atoms with E-state index < -0.39 is 5.95 Å². The molecule has 6 nitrogen and oxygen atoms in total. The summed E-state index contributed by atoms with van der Waals surface area (Å²) in [5.74, 6) is 0.286. The average molecular weight is 261 g/mol. The molecule has 2 rings (SSSR count). The molecule has 0 spiro atoms. The Labute approximate surface area is 110 Å². The summed E-state index contributed by atoms with van der Waals surface area (Å²) < 4.78 is 11.2. The second kappa shape index (κ2) is 6.01. The Bertz CT molecular complexity index is 549. The second-order valence-corrected chi connectivity index (χ2v) is 3.84. The number of rotatable bonds is 6. The van der Waals surface area contributed by atoms with Gasteiger partial charge in [-0.05, 0) is 16.8 Å². The van der Waals surface area contributed by atoms with Crippen LogP contribution in [0.3, 0.4) is 0 Å². The zero-order chi connectivity index (χ0) is 13.7. The monoisotopic (exact) mass is 261 g/mol. The molecule has 0 bridgehead atoms. The van der Waals surface area contributed by atoms with E-state index in [1.54, 1.807) is 37.5 Å². The average Bonchev–Trinajstić information content (AvgIpc) is 2.81. The highest BCUT2D eigenvalue weighted by molar-refractivity contribution is 5.31. The summed E-state index contributed by atoms with van der Waals surface area (Å²) in [6.07, 6.45) is 1.72. The molecule has 0 amide bonds. The zero-order valence-electron chi connectivity index (χ0n) is 10.6. The Kier molecular flexibility index (Phi) is 4.15. The molecule has 0 atom stereocenters. The summed E-state index contributed by atoms with van der Waals surface area (Å²) in [6.45, 7) is 4.57. The topological polar surface area (TPSA) is 74.2 Å². The van der Waals surface area contributed by atoms with Crippen LogP contribution in [0.4, 0.5) is 0 Å². The fourth-order valence-corrected chi connectivity index (χ4v) is 1.63. The number of hydrogen-bond donors (Lipinski definition) is 1. The first-order valence-corrected chi connectivity index (χ1v) is 5.80. The van der Waals surface area contributed by atoms with E-state index in [0.717, 1.165) is 11.4 Å². The first kappa shape index (κ1) is 13.1. The minimum atomic E-state index is -0.451. The Morgan fingerprint density at radius 2 is 2.21 bits per heavy atom. The van der Waals surface area contributed by atoms with Gasteiger partial charge < -0.3 is 19.7 Å². The van der Waals surface area contributed by atoms with Crippen LogP contribution in [0.2, 0.25) is 0 Å². The Hall–Kier alpha value is -2.34. The van der Waals surface area contributed by atoms with E-state index in [-0.39, 0.29) is 0 Å². The largest absolute Gasteiger partial charge is 0.539 e. The van der Waals surface area contributed by atoms with E-state index in [0.29, 0.717) is 18.8 Å². The second-order valence-electron chi connectivity index (χ2n) is 3.84. The molecule has 0 radical (unpaired) electrons. The van der Waals surface area contributed by atoms with E-state index in [2.05, 4.69) is 17.2 Å². The summed E-state index contributed by atoms with van der Waals surface area (Å²) in [5, 5.41) is 18.4. The minimum Gasteiger partial charge on any atom is -0.539 e. The highest BCUT2D eigenvalue weighted by Crippen LogP contribution is 2.14. The zero-order valence-corrected chi connectivity index (χ0v) is 10.6. The molecular formula is C13H15N3O3. The van der Waals surface area contributed by atoms with Crippen molar-refractivity contribution in [2.75, 3.05) is 13.7 Å². The molecule has 0 saturated carbocycles. The van der Waals surface area contributed by atoms with Crippen LogP contribution in [-0.4, -0.2) is 18.9 Å². The third kappa shape index (κ3) is 2.92. The highest BCUT2D eigenvalue weighted by atomic mass is 16.6. The van der Waals surface area contributed by atoms with Gasteiger partial charge in [-0.25, -0.2) is 0 Å². The van der Waals surface area contributed by atoms with Crippen molar-refractivity contribution in [2.24, 2.45) is 0 Å². The molecule has 100 valence electrons. The first-order chi connectivity index (χ1) is 9.26. The molecule has 0 aliphatic carbocycles. The molecule has 1 aromatic carbocycles. The lowest BCUT2D eigenvalue weighted by Gasteiger charge is -2.00. The minimum absolute atomic E-state index is 0.361. The third-order valence-corrected chi connectivity index (χ3v) is 2.59. The number of methoxy groups -OCH3 is 1. The molecule has 2 aromatic rings. The van der Waals surface area contributed by atoms with Crippen LogP contribution in [0.25, 0.3) is 5.69 Å². The van der Waals surface area contributed by atoms with Crippen molar-refractivity contribution in [2.45, 2.75) is 6.54 Å². The molecule has 0 saturated heterocycles. The predicted octanol–water partition coefficient (Wildman–Crippen LogP) is 0.309. The van der Waals surface area contributed by atoms with E-state index in [4.69, 9.17) is 9.26 Å². The van der Waals surface area contributed by atoms with Crippen molar-refractivity contribution >= 4 is 0 Å². The molecule has 1 N–H and O–H groups in total. The van der Waals surface area contributed by atoms with Gasteiger partial charge in [0.15, 0.2) is 5.95 Å². The molecular weight excluding hydrogens is 246 g/mol. The van der Waals surface area contributed by atoms with Gasteiger partial charge in [0.2, 0.25) is 5.69 Å². The number of nitrogens with zero attached hydrogens (tertiary/aromatic N) is 2. The van der Waals surface area contributed by atoms with Crippen LogP contribution in [-0.2, 0) is 6.54 Å². The maximum absolute atomic E-state index is 11.6. The van der Waals surface area contributed by atoms with Gasteiger partial charge in [0.05, 0.1) is 18.9 Å². The normalized spacial score (nSPS) is 10.4. The van der Waals surface area contributed by atoms with Gasteiger partial charge in [-0.15, -0.1) is 6.58 Å². The SMILES string of the molecule is C=CCNCc1c([O-])on[n+]1-c1ccc(OC)cc1. The van der Waals surface area contributed by atoms with Gasteiger partial charge in [0.1, 0.15) is 5.75 Å². The van der Waals surface area contributed by atoms with Gasteiger partial charge in [-0.3, -0.25) is 0 Å². The van der Waals surface area contributed by atoms with Crippen LogP contribution >= 0.6 is 0 Å². The lowest BCUT2D eigenvalue weighted by molar-refractivity contribution is -0.677. The van der Waals surface area contributed by atoms with Crippen molar-refractivity contribution in [3.63, 3.8) is 0 Å². The van der Waals surface area contributed by atoms with Crippen LogP contribution in [0.15, 0.2) is 41.4 Å². The Morgan fingerprint density at radius 3 is 2.84 bits per heavy atom. The van der Waals surface area contributed by atoms with Gasteiger partial charge >= 0.3 is 0 Å². The van der Waals surface area contributed by atoms with Crippen LogP contribution in [0.1, 0.15) is 5.69 Å². The fraction of sp³-hybridized carbons (Fsp3) is 0.231. The van der Waals surface area contributed by atoms with E-state index in [1.807, 2.05) is 0 Å². The fourth-order valence-electron chi connectivity index (χ4n) is 1.63. The standard InChI is InChI=1S/C13H15N3O3/c1-3-8-14-9-12-13(17)19-15-16(12)10-4-6-11(18-2)7-5-10/h3-7,14H,1,8-9H2,2H3. The lowest BCUT2D eigenvalue weighted by atomic mass is 10.3. The highest BCUT2D eigenvalue weighted by Gasteiger charge is 2.19. The summed E-state index contributed by atoms with van der Waals surface area (Å²) in [5.41, 5.74) is 1.18. The van der Waals surface area contributed by atoms with E-state index in [1.165, 1.54) is 4.68 Å². The van der Waals surface area contributed by atoms with Gasteiger partial charge in [-0.2, -0.15) is 0 Å². The van der Waals surface area contributed by atoms with Crippen LogP contribution < -0.4 is 19.8 Å². The predicted molar refractivity (Wildman–Crippen MR) is 65.9 cm³/mol. The first-order valence-electron chi connectivity index (χ1n) is 5.80. The molecule has 19 heavy (non-hydrogen) atoms. The maximum Gasteiger partial charge on any atom is 0.253 e. The number of benzene rings is 1. The summed E-state index contributed by atoms with van der Waals surface area (Å²) >= 11 is 0. The summed E-state index contributed by atoms with van der Waals surface area (Å²) in [6, 6.07) is 7.19.